The lowest BCUT2D eigenvalue weighted by molar-refractivity contribution is 1.10. The van der Waals surface area contributed by atoms with Gasteiger partial charge in [0.2, 0.25) is 0 Å². The van der Waals surface area contributed by atoms with E-state index in [0.717, 1.165) is 11.1 Å². The molecule has 0 aliphatic rings. The Balaban J connectivity index is 2.50. The molecule has 0 aliphatic heterocycles. The molecule has 2 aromatic rings. The normalized spacial score (nSPS) is 10.5. The smallest absolute Gasteiger partial charge is 0.126 e. The number of nitrogens with one attached hydrogen (secondary N) is 1. The molecule has 0 fully saturated rings. The molecule has 0 atom stereocenters. The Kier molecular flexibility index (Phi) is 2.68. The zero-order chi connectivity index (χ0) is 10.8. The van der Waals surface area contributed by atoms with Gasteiger partial charge in [-0.3, -0.25) is 5.10 Å². The van der Waals surface area contributed by atoms with E-state index in [4.69, 9.17) is 5.73 Å². The zero-order valence-corrected chi connectivity index (χ0v) is 9.56. The summed E-state index contributed by atoms with van der Waals surface area (Å²) in [4.78, 5) is 1.26. The summed E-state index contributed by atoms with van der Waals surface area (Å²) < 4.78 is 0. The SMILES string of the molecule is CSc1ccc(-c2cn[nH]c2N)c(C)c1. The molecule has 2 rings (SSSR count). The molecule has 0 unspecified atom stereocenters. The Morgan fingerprint density at radius 1 is 1.33 bits per heavy atom. The number of thioether (sulfide) groups is 1. The molecule has 0 saturated heterocycles. The van der Waals surface area contributed by atoms with E-state index >= 15 is 0 Å². The molecule has 1 heterocycles. The van der Waals surface area contributed by atoms with Crippen LogP contribution in [0.15, 0.2) is 29.3 Å². The molecule has 3 N–H and O–H groups in total. The highest BCUT2D eigenvalue weighted by atomic mass is 32.2. The van der Waals surface area contributed by atoms with Crippen LogP contribution in [0, 0.1) is 6.92 Å². The third-order valence-corrected chi connectivity index (χ3v) is 3.12. The van der Waals surface area contributed by atoms with Gasteiger partial charge in [0.15, 0.2) is 0 Å². The Morgan fingerprint density at radius 2 is 2.13 bits per heavy atom. The minimum atomic E-state index is 0.620. The average Bonchev–Trinajstić information content (AvgIpc) is 2.64. The Hall–Kier alpha value is -1.42. The highest BCUT2D eigenvalue weighted by molar-refractivity contribution is 7.98. The molecule has 1 aromatic heterocycles. The van der Waals surface area contributed by atoms with Crippen molar-refractivity contribution in [3.05, 3.63) is 30.0 Å². The summed E-state index contributed by atoms with van der Waals surface area (Å²) in [5.74, 6) is 0.620. The van der Waals surface area contributed by atoms with Crippen molar-refractivity contribution in [3.8, 4) is 11.1 Å². The van der Waals surface area contributed by atoms with Gasteiger partial charge in [0, 0.05) is 10.5 Å². The molecule has 0 spiro atoms. The number of benzene rings is 1. The molecule has 1 aromatic carbocycles. The summed E-state index contributed by atoms with van der Waals surface area (Å²) in [7, 11) is 0. The maximum absolute atomic E-state index is 5.79. The molecule has 0 aliphatic carbocycles. The van der Waals surface area contributed by atoms with Crippen molar-refractivity contribution < 1.29 is 0 Å². The van der Waals surface area contributed by atoms with Crippen molar-refractivity contribution in [2.45, 2.75) is 11.8 Å². The molecule has 15 heavy (non-hydrogen) atoms. The lowest BCUT2D eigenvalue weighted by atomic mass is 10.0. The summed E-state index contributed by atoms with van der Waals surface area (Å²) in [6, 6.07) is 6.34. The van der Waals surface area contributed by atoms with Crippen LogP contribution in [0.5, 0.6) is 0 Å². The summed E-state index contributed by atoms with van der Waals surface area (Å²) in [6.07, 6.45) is 3.83. The lowest BCUT2D eigenvalue weighted by Crippen LogP contribution is -1.89. The van der Waals surface area contributed by atoms with Crippen molar-refractivity contribution in [3.63, 3.8) is 0 Å². The van der Waals surface area contributed by atoms with Crippen molar-refractivity contribution >= 4 is 17.6 Å². The first-order valence-corrected chi connectivity index (χ1v) is 5.88. The fourth-order valence-electron chi connectivity index (χ4n) is 1.58. The van der Waals surface area contributed by atoms with Crippen LogP contribution in [0.25, 0.3) is 11.1 Å². The first kappa shape index (κ1) is 10.1. The van der Waals surface area contributed by atoms with E-state index in [9.17, 15) is 0 Å². The molecule has 0 radical (unpaired) electrons. The van der Waals surface area contributed by atoms with Crippen LogP contribution in [-0.4, -0.2) is 16.5 Å². The van der Waals surface area contributed by atoms with Crippen LogP contribution in [0.3, 0.4) is 0 Å². The Morgan fingerprint density at radius 3 is 2.67 bits per heavy atom. The number of nitrogen functional groups attached to an aromatic ring is 1. The third kappa shape index (κ3) is 1.85. The minimum absolute atomic E-state index is 0.620. The number of hydrogen-bond donors (Lipinski definition) is 2. The Labute approximate surface area is 93.1 Å². The standard InChI is InChI=1S/C11H13N3S/c1-7-5-8(15-2)3-4-9(7)10-6-13-14-11(10)12/h3-6H,1-2H3,(H3,12,13,14). The van der Waals surface area contributed by atoms with Gasteiger partial charge < -0.3 is 5.73 Å². The number of anilines is 1. The first-order valence-electron chi connectivity index (χ1n) is 4.66. The molecule has 0 saturated carbocycles. The van der Waals surface area contributed by atoms with Crippen LogP contribution >= 0.6 is 11.8 Å². The average molecular weight is 219 g/mol. The maximum atomic E-state index is 5.79. The van der Waals surface area contributed by atoms with Gasteiger partial charge in [-0.15, -0.1) is 11.8 Å². The number of rotatable bonds is 2. The summed E-state index contributed by atoms with van der Waals surface area (Å²) >= 11 is 1.74. The second-order valence-corrected chi connectivity index (χ2v) is 4.26. The number of aromatic nitrogens is 2. The molecule has 0 amide bonds. The van der Waals surface area contributed by atoms with E-state index in [1.165, 1.54) is 10.5 Å². The number of aromatic amines is 1. The maximum Gasteiger partial charge on any atom is 0.126 e. The van der Waals surface area contributed by atoms with Gasteiger partial charge in [-0.1, -0.05) is 6.07 Å². The molecular weight excluding hydrogens is 206 g/mol. The highest BCUT2D eigenvalue weighted by Crippen LogP contribution is 2.29. The van der Waals surface area contributed by atoms with Gasteiger partial charge in [0.05, 0.1) is 6.20 Å². The van der Waals surface area contributed by atoms with E-state index < -0.39 is 0 Å². The topological polar surface area (TPSA) is 54.7 Å². The van der Waals surface area contributed by atoms with Crippen LogP contribution < -0.4 is 5.73 Å². The largest absolute Gasteiger partial charge is 0.384 e. The lowest BCUT2D eigenvalue weighted by Gasteiger charge is -2.06. The van der Waals surface area contributed by atoms with Crippen molar-refractivity contribution in [1.29, 1.82) is 0 Å². The number of nitrogens with zero attached hydrogens (tertiary/aromatic N) is 1. The fourth-order valence-corrected chi connectivity index (χ4v) is 2.07. The number of aryl methyl sites for hydroxylation is 1. The molecule has 3 nitrogen and oxygen atoms in total. The molecular formula is C11H13N3S. The predicted molar refractivity (Wildman–Crippen MR) is 65.0 cm³/mol. The van der Waals surface area contributed by atoms with Crippen LogP contribution in [0.1, 0.15) is 5.56 Å². The van der Waals surface area contributed by atoms with Crippen molar-refractivity contribution in [2.24, 2.45) is 0 Å². The predicted octanol–water partition coefficient (Wildman–Crippen LogP) is 2.69. The van der Waals surface area contributed by atoms with E-state index in [-0.39, 0.29) is 0 Å². The first-order chi connectivity index (χ1) is 7.22. The molecule has 4 heteroatoms. The van der Waals surface area contributed by atoms with Gasteiger partial charge in [-0.25, -0.2) is 0 Å². The van der Waals surface area contributed by atoms with E-state index in [1.807, 2.05) is 0 Å². The van der Waals surface area contributed by atoms with Gasteiger partial charge in [-0.2, -0.15) is 5.10 Å². The molecule has 0 bridgehead atoms. The minimum Gasteiger partial charge on any atom is -0.384 e. The van der Waals surface area contributed by atoms with Crippen LogP contribution in [0.4, 0.5) is 5.82 Å². The third-order valence-electron chi connectivity index (χ3n) is 2.39. The monoisotopic (exact) mass is 219 g/mol. The summed E-state index contributed by atoms with van der Waals surface area (Å²) in [5.41, 5.74) is 9.12. The van der Waals surface area contributed by atoms with E-state index in [0.29, 0.717) is 5.82 Å². The van der Waals surface area contributed by atoms with Crippen molar-refractivity contribution in [1.82, 2.24) is 10.2 Å². The van der Waals surface area contributed by atoms with Crippen molar-refractivity contribution in [2.75, 3.05) is 12.0 Å². The van der Waals surface area contributed by atoms with Crippen LogP contribution in [-0.2, 0) is 0 Å². The summed E-state index contributed by atoms with van der Waals surface area (Å²) in [5, 5.41) is 6.67. The fraction of sp³-hybridized carbons (Fsp3) is 0.182. The number of H-pyrrole nitrogens is 1. The van der Waals surface area contributed by atoms with Gasteiger partial charge in [0.25, 0.3) is 0 Å². The van der Waals surface area contributed by atoms with E-state index in [1.54, 1.807) is 18.0 Å². The van der Waals surface area contributed by atoms with Gasteiger partial charge >= 0.3 is 0 Å². The van der Waals surface area contributed by atoms with Crippen LogP contribution in [0.2, 0.25) is 0 Å². The highest BCUT2D eigenvalue weighted by Gasteiger charge is 2.07. The summed E-state index contributed by atoms with van der Waals surface area (Å²) in [6.45, 7) is 2.08. The zero-order valence-electron chi connectivity index (χ0n) is 8.74. The van der Waals surface area contributed by atoms with Gasteiger partial charge in [-0.05, 0) is 36.4 Å². The van der Waals surface area contributed by atoms with Gasteiger partial charge in [0.1, 0.15) is 5.82 Å². The Bertz CT molecular complexity index is 476. The van der Waals surface area contributed by atoms with E-state index in [2.05, 4.69) is 41.6 Å². The quantitative estimate of drug-likeness (QED) is 0.763. The number of hydrogen-bond acceptors (Lipinski definition) is 3. The second-order valence-electron chi connectivity index (χ2n) is 3.38. The number of nitrogens with two attached hydrogens (primary N) is 1. The second kappa shape index (κ2) is 3.98. The molecule has 78 valence electrons.